The van der Waals surface area contributed by atoms with Crippen molar-refractivity contribution < 1.29 is 4.79 Å². The normalized spacial score (nSPS) is 13.3. The second-order valence-electron chi connectivity index (χ2n) is 7.51. The molecule has 0 fully saturated rings. The summed E-state index contributed by atoms with van der Waals surface area (Å²) in [7, 11) is 1.75. The van der Waals surface area contributed by atoms with Gasteiger partial charge in [0.1, 0.15) is 0 Å². The van der Waals surface area contributed by atoms with E-state index in [1.165, 1.54) is 21.6 Å². The highest BCUT2D eigenvalue weighted by molar-refractivity contribution is 14.0. The lowest BCUT2D eigenvalue weighted by atomic mass is 10.1. The number of benzene rings is 1. The number of nitrogens with zero attached hydrogens (tertiary/aromatic N) is 4. The molecule has 1 aliphatic heterocycles. The first kappa shape index (κ1) is 24.2. The standard InChI is InChI=1S/C23H28N6OS.HI/c1-24-23(25-11-7-22(30)28-13-8-21-20(16-28)9-14-31-21)26-15-18-5-2-3-6-19(18)17-29-12-4-10-27-29;/h2-6,9-10,12,14H,7-8,11,13,15-17H2,1H3,(H2,24,25,26);1H. The fourth-order valence-corrected chi connectivity index (χ4v) is 4.65. The molecule has 4 rings (SSSR count). The van der Waals surface area contributed by atoms with Crippen molar-refractivity contribution in [3.05, 3.63) is 75.7 Å². The van der Waals surface area contributed by atoms with Gasteiger partial charge in [0.15, 0.2) is 5.96 Å². The van der Waals surface area contributed by atoms with Crippen molar-refractivity contribution in [2.45, 2.75) is 32.5 Å². The maximum absolute atomic E-state index is 12.6. The quantitative estimate of drug-likeness (QED) is 0.263. The van der Waals surface area contributed by atoms with E-state index < -0.39 is 0 Å². The third-order valence-electron chi connectivity index (χ3n) is 5.47. The lowest BCUT2D eigenvalue weighted by Crippen LogP contribution is -2.40. The molecule has 0 atom stereocenters. The van der Waals surface area contributed by atoms with Gasteiger partial charge in [0.25, 0.3) is 0 Å². The van der Waals surface area contributed by atoms with Crippen LogP contribution in [0.25, 0.3) is 0 Å². The van der Waals surface area contributed by atoms with Gasteiger partial charge in [0.05, 0.1) is 6.54 Å². The van der Waals surface area contributed by atoms with Crippen molar-refractivity contribution in [2.75, 3.05) is 20.1 Å². The van der Waals surface area contributed by atoms with E-state index in [0.717, 1.165) is 26.1 Å². The summed E-state index contributed by atoms with van der Waals surface area (Å²) in [6.45, 7) is 3.48. The highest BCUT2D eigenvalue weighted by Crippen LogP contribution is 2.24. The highest BCUT2D eigenvalue weighted by atomic mass is 127. The molecule has 0 unspecified atom stereocenters. The lowest BCUT2D eigenvalue weighted by molar-refractivity contribution is -0.131. The zero-order valence-electron chi connectivity index (χ0n) is 18.2. The number of aromatic nitrogens is 2. The van der Waals surface area contributed by atoms with E-state index >= 15 is 0 Å². The molecule has 32 heavy (non-hydrogen) atoms. The maximum atomic E-state index is 12.6. The third kappa shape index (κ3) is 6.32. The molecule has 1 aromatic carbocycles. The van der Waals surface area contributed by atoms with Crippen LogP contribution in [-0.2, 0) is 30.8 Å². The number of carbonyl (C=O) groups excluding carboxylic acids is 1. The number of hydrogen-bond acceptors (Lipinski definition) is 4. The molecule has 0 spiro atoms. The van der Waals surface area contributed by atoms with Crippen molar-refractivity contribution in [2.24, 2.45) is 4.99 Å². The summed E-state index contributed by atoms with van der Waals surface area (Å²) in [4.78, 5) is 20.3. The minimum absolute atomic E-state index is 0. The molecule has 0 saturated carbocycles. The Morgan fingerprint density at radius 2 is 2.03 bits per heavy atom. The first-order valence-corrected chi connectivity index (χ1v) is 11.4. The van der Waals surface area contributed by atoms with Crippen LogP contribution in [0.3, 0.4) is 0 Å². The van der Waals surface area contributed by atoms with Gasteiger partial charge in [0, 0.05) is 56.9 Å². The first-order valence-electron chi connectivity index (χ1n) is 10.5. The summed E-state index contributed by atoms with van der Waals surface area (Å²) < 4.78 is 1.91. The summed E-state index contributed by atoms with van der Waals surface area (Å²) >= 11 is 1.79. The summed E-state index contributed by atoms with van der Waals surface area (Å²) in [5.41, 5.74) is 3.70. The fraction of sp³-hybridized carbons (Fsp3) is 0.348. The van der Waals surface area contributed by atoms with Crippen LogP contribution < -0.4 is 10.6 Å². The van der Waals surface area contributed by atoms with Gasteiger partial charge in [-0.25, -0.2) is 0 Å². The van der Waals surface area contributed by atoms with Crippen LogP contribution in [0.5, 0.6) is 0 Å². The maximum Gasteiger partial charge on any atom is 0.224 e. The van der Waals surface area contributed by atoms with Crippen molar-refractivity contribution in [3.63, 3.8) is 0 Å². The van der Waals surface area contributed by atoms with Gasteiger partial charge in [-0.1, -0.05) is 24.3 Å². The Kier molecular flexibility index (Phi) is 9.10. The molecule has 0 aliphatic carbocycles. The van der Waals surface area contributed by atoms with Crippen molar-refractivity contribution in [3.8, 4) is 0 Å². The fourth-order valence-electron chi connectivity index (χ4n) is 3.76. The van der Waals surface area contributed by atoms with Gasteiger partial charge in [-0.15, -0.1) is 35.3 Å². The van der Waals surface area contributed by atoms with E-state index in [9.17, 15) is 4.79 Å². The topological polar surface area (TPSA) is 74.6 Å². The molecule has 2 aromatic heterocycles. The van der Waals surface area contributed by atoms with Gasteiger partial charge in [-0.05, 0) is 40.6 Å². The Morgan fingerprint density at radius 1 is 1.19 bits per heavy atom. The molecule has 7 nitrogen and oxygen atoms in total. The summed E-state index contributed by atoms with van der Waals surface area (Å²) in [6, 6.07) is 12.4. The molecule has 1 aliphatic rings. The minimum Gasteiger partial charge on any atom is -0.356 e. The van der Waals surface area contributed by atoms with E-state index in [1.807, 2.05) is 34.0 Å². The van der Waals surface area contributed by atoms with Crippen molar-refractivity contribution >= 4 is 47.2 Å². The predicted molar refractivity (Wildman–Crippen MR) is 139 cm³/mol. The van der Waals surface area contributed by atoms with E-state index in [2.05, 4.69) is 44.3 Å². The number of thiophene rings is 1. The van der Waals surface area contributed by atoms with Gasteiger partial charge >= 0.3 is 0 Å². The zero-order valence-corrected chi connectivity index (χ0v) is 21.3. The van der Waals surface area contributed by atoms with E-state index in [-0.39, 0.29) is 29.9 Å². The summed E-state index contributed by atoms with van der Waals surface area (Å²) in [5.74, 6) is 0.879. The average molecular weight is 564 g/mol. The number of amides is 1. The Bertz CT molecular complexity index is 1030. The van der Waals surface area contributed by atoms with Crippen LogP contribution in [0.2, 0.25) is 0 Å². The lowest BCUT2D eigenvalue weighted by Gasteiger charge is -2.27. The third-order valence-corrected chi connectivity index (χ3v) is 6.49. The Labute approximate surface area is 209 Å². The number of rotatable bonds is 7. The number of guanidine groups is 1. The second kappa shape index (κ2) is 12.0. The van der Waals surface area contributed by atoms with Crippen LogP contribution in [0, 0.1) is 0 Å². The smallest absolute Gasteiger partial charge is 0.224 e. The van der Waals surface area contributed by atoms with Crippen LogP contribution in [0.15, 0.2) is 59.2 Å². The van der Waals surface area contributed by atoms with Gasteiger partial charge in [0.2, 0.25) is 5.91 Å². The first-order chi connectivity index (χ1) is 15.2. The zero-order chi connectivity index (χ0) is 21.5. The van der Waals surface area contributed by atoms with Gasteiger partial charge < -0.3 is 15.5 Å². The highest BCUT2D eigenvalue weighted by Gasteiger charge is 2.21. The van der Waals surface area contributed by atoms with Crippen LogP contribution in [0.4, 0.5) is 0 Å². The number of nitrogens with one attached hydrogen (secondary N) is 2. The molecule has 0 radical (unpaired) electrons. The molecule has 1 amide bonds. The molecular weight excluding hydrogens is 535 g/mol. The molecule has 3 heterocycles. The van der Waals surface area contributed by atoms with Crippen molar-refractivity contribution in [1.82, 2.24) is 25.3 Å². The number of hydrogen-bond donors (Lipinski definition) is 2. The van der Waals surface area contributed by atoms with E-state index in [4.69, 9.17) is 0 Å². The van der Waals surface area contributed by atoms with Gasteiger partial charge in [-0.2, -0.15) is 5.10 Å². The number of aliphatic imine (C=N–C) groups is 1. The SMILES string of the molecule is CN=C(NCCC(=O)N1CCc2sccc2C1)NCc1ccccc1Cn1cccn1.I. The van der Waals surface area contributed by atoms with Crippen molar-refractivity contribution in [1.29, 1.82) is 0 Å². The molecule has 170 valence electrons. The predicted octanol–water partition coefficient (Wildman–Crippen LogP) is 3.25. The molecule has 0 bridgehead atoms. The van der Waals surface area contributed by atoms with E-state index in [1.54, 1.807) is 24.6 Å². The Balaban J connectivity index is 0.00000289. The molecule has 0 saturated heterocycles. The number of carbonyl (C=O) groups is 1. The monoisotopic (exact) mass is 564 g/mol. The molecule has 2 N–H and O–H groups in total. The minimum atomic E-state index is 0. The van der Waals surface area contributed by atoms with Crippen LogP contribution in [0.1, 0.15) is 28.0 Å². The molecular formula is C23H29IN6OS. The second-order valence-corrected chi connectivity index (χ2v) is 8.51. The number of fused-ring (bicyclic) bond motifs is 1. The van der Waals surface area contributed by atoms with E-state index in [0.29, 0.717) is 25.5 Å². The Hall–Kier alpha value is -2.40. The van der Waals surface area contributed by atoms with Crippen LogP contribution in [-0.4, -0.2) is 46.7 Å². The average Bonchev–Trinajstić information content (AvgIpc) is 3.48. The number of halogens is 1. The van der Waals surface area contributed by atoms with Gasteiger partial charge in [-0.3, -0.25) is 14.5 Å². The summed E-state index contributed by atoms with van der Waals surface area (Å²) in [6.07, 6.45) is 5.17. The Morgan fingerprint density at radius 3 is 2.81 bits per heavy atom. The summed E-state index contributed by atoms with van der Waals surface area (Å²) in [5, 5.41) is 13.0. The largest absolute Gasteiger partial charge is 0.356 e. The molecule has 9 heteroatoms. The van der Waals surface area contributed by atoms with Crippen LogP contribution >= 0.6 is 35.3 Å². The molecule has 3 aromatic rings.